The summed E-state index contributed by atoms with van der Waals surface area (Å²) in [4.78, 5) is 4.17. The lowest BCUT2D eigenvalue weighted by Gasteiger charge is -2.01. The number of hydrogen-bond donors (Lipinski definition) is 1. The summed E-state index contributed by atoms with van der Waals surface area (Å²) in [6.07, 6.45) is 0. The van der Waals surface area contributed by atoms with Crippen LogP contribution in [0.5, 0.6) is 5.75 Å². The zero-order valence-electron chi connectivity index (χ0n) is 11.0. The summed E-state index contributed by atoms with van der Waals surface area (Å²) in [5.41, 5.74) is 1.64. The molecule has 3 aromatic rings. The Hall–Kier alpha value is -2.21. The molecule has 3 rings (SSSR count). The van der Waals surface area contributed by atoms with Crippen molar-refractivity contribution in [1.82, 2.24) is 10.1 Å². The maximum Gasteiger partial charge on any atom is 0.265 e. The molecule has 0 spiro atoms. The SMILES string of the molecule is Cc1cc(Br)ccc1-c1noc(-c2c(O)cccc2F)n1. The molecule has 21 heavy (non-hydrogen) atoms. The van der Waals surface area contributed by atoms with Gasteiger partial charge in [0, 0.05) is 10.0 Å². The van der Waals surface area contributed by atoms with Crippen LogP contribution in [0.1, 0.15) is 5.56 Å². The third-order valence-electron chi connectivity index (χ3n) is 3.06. The molecule has 6 heteroatoms. The third kappa shape index (κ3) is 2.54. The van der Waals surface area contributed by atoms with Crippen molar-refractivity contribution < 1.29 is 14.0 Å². The van der Waals surface area contributed by atoms with Crippen LogP contribution in [0, 0.1) is 12.7 Å². The number of rotatable bonds is 2. The van der Waals surface area contributed by atoms with E-state index < -0.39 is 5.82 Å². The molecular weight excluding hydrogens is 339 g/mol. The van der Waals surface area contributed by atoms with E-state index in [1.807, 2.05) is 25.1 Å². The molecule has 1 N–H and O–H groups in total. The smallest absolute Gasteiger partial charge is 0.265 e. The van der Waals surface area contributed by atoms with Gasteiger partial charge in [-0.2, -0.15) is 4.98 Å². The fourth-order valence-corrected chi connectivity index (χ4v) is 2.51. The van der Waals surface area contributed by atoms with Crippen molar-refractivity contribution in [2.45, 2.75) is 6.92 Å². The van der Waals surface area contributed by atoms with Crippen molar-refractivity contribution in [3.8, 4) is 28.6 Å². The highest BCUT2D eigenvalue weighted by atomic mass is 79.9. The lowest BCUT2D eigenvalue weighted by Crippen LogP contribution is -1.87. The Balaban J connectivity index is 2.08. The number of aryl methyl sites for hydroxylation is 1. The highest BCUT2D eigenvalue weighted by Gasteiger charge is 2.18. The monoisotopic (exact) mass is 348 g/mol. The predicted octanol–water partition coefficient (Wildman–Crippen LogP) is 4.32. The molecule has 0 unspecified atom stereocenters. The maximum absolute atomic E-state index is 13.8. The molecular formula is C15H10BrFN2O2. The van der Waals surface area contributed by atoms with Gasteiger partial charge in [-0.3, -0.25) is 0 Å². The molecule has 106 valence electrons. The van der Waals surface area contributed by atoms with Gasteiger partial charge >= 0.3 is 0 Å². The van der Waals surface area contributed by atoms with Crippen LogP contribution in [-0.4, -0.2) is 15.2 Å². The molecule has 1 aromatic heterocycles. The van der Waals surface area contributed by atoms with E-state index in [-0.39, 0.29) is 17.2 Å². The van der Waals surface area contributed by atoms with Crippen LogP contribution in [0.2, 0.25) is 0 Å². The van der Waals surface area contributed by atoms with E-state index in [0.29, 0.717) is 5.82 Å². The van der Waals surface area contributed by atoms with Crippen molar-refractivity contribution >= 4 is 15.9 Å². The summed E-state index contributed by atoms with van der Waals surface area (Å²) >= 11 is 3.38. The highest BCUT2D eigenvalue weighted by molar-refractivity contribution is 9.10. The largest absolute Gasteiger partial charge is 0.507 e. The first-order chi connectivity index (χ1) is 10.1. The average molecular weight is 349 g/mol. The Kier molecular flexibility index (Phi) is 3.47. The number of nitrogens with zero attached hydrogens (tertiary/aromatic N) is 2. The van der Waals surface area contributed by atoms with E-state index in [9.17, 15) is 9.50 Å². The van der Waals surface area contributed by atoms with Crippen molar-refractivity contribution in [1.29, 1.82) is 0 Å². The second-order valence-electron chi connectivity index (χ2n) is 4.52. The van der Waals surface area contributed by atoms with Gasteiger partial charge in [0.05, 0.1) is 0 Å². The topological polar surface area (TPSA) is 59.2 Å². The number of phenols is 1. The lowest BCUT2D eigenvalue weighted by molar-refractivity contribution is 0.421. The van der Waals surface area contributed by atoms with E-state index in [1.165, 1.54) is 18.2 Å². The Labute approximate surface area is 128 Å². The fourth-order valence-electron chi connectivity index (χ4n) is 2.04. The minimum Gasteiger partial charge on any atom is -0.507 e. The quantitative estimate of drug-likeness (QED) is 0.749. The Morgan fingerprint density at radius 1 is 1.24 bits per heavy atom. The fraction of sp³-hybridized carbons (Fsp3) is 0.0667. The first-order valence-electron chi connectivity index (χ1n) is 6.14. The molecule has 0 saturated heterocycles. The van der Waals surface area contributed by atoms with Gasteiger partial charge in [0.25, 0.3) is 5.89 Å². The normalized spacial score (nSPS) is 10.8. The van der Waals surface area contributed by atoms with Gasteiger partial charge in [-0.05, 0) is 42.8 Å². The number of benzene rings is 2. The number of halogens is 2. The molecule has 0 saturated carbocycles. The molecule has 2 aromatic carbocycles. The highest BCUT2D eigenvalue weighted by Crippen LogP contribution is 2.32. The van der Waals surface area contributed by atoms with Crippen LogP contribution in [0.3, 0.4) is 0 Å². The van der Waals surface area contributed by atoms with Crippen LogP contribution in [-0.2, 0) is 0 Å². The van der Waals surface area contributed by atoms with E-state index in [2.05, 4.69) is 26.1 Å². The number of hydrogen-bond acceptors (Lipinski definition) is 4. The van der Waals surface area contributed by atoms with Crippen LogP contribution in [0.25, 0.3) is 22.8 Å². The molecule has 0 aliphatic heterocycles. The summed E-state index contributed by atoms with van der Waals surface area (Å²) < 4.78 is 19.8. The van der Waals surface area contributed by atoms with E-state index in [4.69, 9.17) is 4.52 Å². The number of aromatic hydroxyl groups is 1. The van der Waals surface area contributed by atoms with Gasteiger partial charge in [-0.25, -0.2) is 4.39 Å². The predicted molar refractivity (Wildman–Crippen MR) is 79.2 cm³/mol. The maximum atomic E-state index is 13.8. The Bertz CT molecular complexity index is 797. The molecule has 0 radical (unpaired) electrons. The third-order valence-corrected chi connectivity index (χ3v) is 3.55. The lowest BCUT2D eigenvalue weighted by atomic mass is 10.1. The molecule has 0 fully saturated rings. The van der Waals surface area contributed by atoms with Gasteiger partial charge in [-0.1, -0.05) is 27.2 Å². The summed E-state index contributed by atoms with van der Waals surface area (Å²) in [5.74, 6) is -0.559. The number of phenolic OH excluding ortho intramolecular Hbond substituents is 1. The second kappa shape index (κ2) is 5.29. The van der Waals surface area contributed by atoms with Crippen molar-refractivity contribution in [2.24, 2.45) is 0 Å². The first kappa shape index (κ1) is 13.8. The van der Waals surface area contributed by atoms with Gasteiger partial charge in [0.15, 0.2) is 0 Å². The minimum absolute atomic E-state index is 0.0529. The van der Waals surface area contributed by atoms with Crippen LogP contribution >= 0.6 is 15.9 Å². The standard InChI is InChI=1S/C15H10BrFN2O2/c1-8-7-9(16)5-6-10(8)14-18-15(21-19-14)13-11(17)3-2-4-12(13)20/h2-7,20H,1H3. The number of aromatic nitrogens is 2. The Morgan fingerprint density at radius 2 is 2.05 bits per heavy atom. The molecule has 0 atom stereocenters. The molecule has 0 amide bonds. The van der Waals surface area contributed by atoms with Crippen molar-refractivity contribution in [3.63, 3.8) is 0 Å². The Morgan fingerprint density at radius 3 is 2.76 bits per heavy atom. The molecule has 4 nitrogen and oxygen atoms in total. The zero-order chi connectivity index (χ0) is 15.0. The summed E-state index contributed by atoms with van der Waals surface area (Å²) in [6.45, 7) is 1.91. The molecule has 1 heterocycles. The molecule has 0 bridgehead atoms. The van der Waals surface area contributed by atoms with Gasteiger partial charge < -0.3 is 9.63 Å². The van der Waals surface area contributed by atoms with Crippen molar-refractivity contribution in [2.75, 3.05) is 0 Å². The van der Waals surface area contributed by atoms with Crippen LogP contribution < -0.4 is 0 Å². The van der Waals surface area contributed by atoms with Crippen LogP contribution in [0.15, 0.2) is 45.4 Å². The zero-order valence-corrected chi connectivity index (χ0v) is 12.6. The molecule has 0 aliphatic carbocycles. The second-order valence-corrected chi connectivity index (χ2v) is 5.43. The summed E-state index contributed by atoms with van der Waals surface area (Å²) in [6, 6.07) is 9.63. The average Bonchev–Trinajstić information content (AvgIpc) is 2.87. The van der Waals surface area contributed by atoms with E-state index in [0.717, 1.165) is 15.6 Å². The van der Waals surface area contributed by atoms with Gasteiger partial charge in [0.2, 0.25) is 5.82 Å². The van der Waals surface area contributed by atoms with E-state index in [1.54, 1.807) is 0 Å². The van der Waals surface area contributed by atoms with E-state index >= 15 is 0 Å². The van der Waals surface area contributed by atoms with Crippen molar-refractivity contribution in [3.05, 3.63) is 52.3 Å². The van der Waals surface area contributed by atoms with Gasteiger partial charge in [0.1, 0.15) is 17.1 Å². The van der Waals surface area contributed by atoms with Gasteiger partial charge in [-0.15, -0.1) is 0 Å². The summed E-state index contributed by atoms with van der Waals surface area (Å²) in [5, 5.41) is 13.6. The summed E-state index contributed by atoms with van der Waals surface area (Å²) in [7, 11) is 0. The molecule has 0 aliphatic rings. The van der Waals surface area contributed by atoms with Crippen LogP contribution in [0.4, 0.5) is 4.39 Å². The minimum atomic E-state index is -0.613. The first-order valence-corrected chi connectivity index (χ1v) is 6.93.